The monoisotopic (exact) mass is 572 g/mol. The third-order valence-corrected chi connectivity index (χ3v) is 6.62. The zero-order chi connectivity index (χ0) is 23.4. The number of benzene rings is 2. The highest BCUT2D eigenvalue weighted by molar-refractivity contribution is 9.10. The molecule has 0 radical (unpaired) electrons. The quantitative estimate of drug-likeness (QED) is 0.350. The number of nitriles is 1. The second-order valence-electron chi connectivity index (χ2n) is 7.80. The molecular formula is C24H22Br2N4O3. The Bertz CT molecular complexity index is 1310. The van der Waals surface area contributed by atoms with Crippen molar-refractivity contribution in [3.63, 3.8) is 0 Å². The van der Waals surface area contributed by atoms with E-state index in [4.69, 9.17) is 19.7 Å². The third-order valence-electron chi connectivity index (χ3n) is 5.67. The molecule has 2 aromatic carbocycles. The van der Waals surface area contributed by atoms with Gasteiger partial charge in [-0.1, -0.05) is 51.1 Å². The molecule has 0 unspecified atom stereocenters. The molecule has 1 aliphatic rings. The minimum atomic E-state index is -0.223. The zero-order valence-electron chi connectivity index (χ0n) is 18.1. The van der Waals surface area contributed by atoms with E-state index in [1.165, 1.54) is 18.2 Å². The minimum Gasteiger partial charge on any atom is -0.493 e. The standard InChI is InChI=1S/C24H22Br2N4O3/c1-32-21-13-18(26)11-16(22(21)33-10-9-27)14-28-30-23(15-5-3-2-4-6-15)29-20-8-7-17(25)12-19(20)24(30)31/h7-8,11-15H,2-6,10H2,1H3. The molecule has 1 saturated carbocycles. The van der Waals surface area contributed by atoms with Gasteiger partial charge in [-0.25, -0.2) is 4.98 Å². The summed E-state index contributed by atoms with van der Waals surface area (Å²) < 4.78 is 14.0. The van der Waals surface area contributed by atoms with Crippen molar-refractivity contribution >= 4 is 49.0 Å². The fraction of sp³-hybridized carbons (Fsp3) is 0.333. The first-order valence-corrected chi connectivity index (χ1v) is 12.2. The van der Waals surface area contributed by atoms with Crippen LogP contribution in [0.2, 0.25) is 0 Å². The van der Waals surface area contributed by atoms with Crippen molar-refractivity contribution in [2.24, 2.45) is 5.10 Å². The van der Waals surface area contributed by atoms with E-state index in [0.717, 1.165) is 34.6 Å². The van der Waals surface area contributed by atoms with Crippen molar-refractivity contribution < 1.29 is 9.47 Å². The molecule has 0 spiro atoms. The van der Waals surface area contributed by atoms with Crippen LogP contribution in [-0.4, -0.2) is 29.6 Å². The summed E-state index contributed by atoms with van der Waals surface area (Å²) in [5, 5.41) is 14.0. The van der Waals surface area contributed by atoms with E-state index in [9.17, 15) is 4.79 Å². The lowest BCUT2D eigenvalue weighted by molar-refractivity contribution is 0.329. The lowest BCUT2D eigenvalue weighted by Crippen LogP contribution is -2.25. The fourth-order valence-electron chi connectivity index (χ4n) is 4.12. The normalized spacial score (nSPS) is 14.5. The maximum atomic E-state index is 13.5. The number of aromatic nitrogens is 2. The van der Waals surface area contributed by atoms with Gasteiger partial charge < -0.3 is 9.47 Å². The van der Waals surface area contributed by atoms with Crippen LogP contribution < -0.4 is 15.0 Å². The van der Waals surface area contributed by atoms with Gasteiger partial charge >= 0.3 is 0 Å². The van der Waals surface area contributed by atoms with Gasteiger partial charge in [0.1, 0.15) is 11.9 Å². The van der Waals surface area contributed by atoms with Crippen molar-refractivity contribution in [1.29, 1.82) is 5.26 Å². The summed E-state index contributed by atoms with van der Waals surface area (Å²) in [6, 6.07) is 11.0. The first-order chi connectivity index (χ1) is 16.0. The largest absolute Gasteiger partial charge is 0.493 e. The Kier molecular flexibility index (Phi) is 7.46. The maximum absolute atomic E-state index is 13.5. The lowest BCUT2D eigenvalue weighted by atomic mass is 9.88. The molecule has 0 saturated heterocycles. The van der Waals surface area contributed by atoms with Crippen LogP contribution in [-0.2, 0) is 0 Å². The van der Waals surface area contributed by atoms with Gasteiger partial charge in [0, 0.05) is 20.4 Å². The van der Waals surface area contributed by atoms with Gasteiger partial charge in [0.05, 0.1) is 24.2 Å². The summed E-state index contributed by atoms with van der Waals surface area (Å²) in [5.74, 6) is 1.69. The predicted molar refractivity (Wildman–Crippen MR) is 134 cm³/mol. The van der Waals surface area contributed by atoms with Crippen LogP contribution in [0.5, 0.6) is 11.5 Å². The van der Waals surface area contributed by atoms with Crippen LogP contribution in [0.3, 0.4) is 0 Å². The van der Waals surface area contributed by atoms with E-state index in [2.05, 4.69) is 37.0 Å². The highest BCUT2D eigenvalue weighted by atomic mass is 79.9. The number of methoxy groups -OCH3 is 1. The van der Waals surface area contributed by atoms with E-state index >= 15 is 0 Å². The molecule has 1 heterocycles. The summed E-state index contributed by atoms with van der Waals surface area (Å²) in [5.41, 5.74) is 1.02. The number of fused-ring (bicyclic) bond motifs is 1. The molecule has 9 heteroatoms. The molecule has 0 aliphatic heterocycles. The Balaban J connectivity index is 1.87. The number of rotatable bonds is 6. The topological polar surface area (TPSA) is 89.5 Å². The molecule has 0 amide bonds. The summed E-state index contributed by atoms with van der Waals surface area (Å²) in [6.07, 6.45) is 6.92. The molecule has 1 aromatic heterocycles. The van der Waals surface area contributed by atoms with Crippen molar-refractivity contribution in [3.8, 4) is 17.6 Å². The smallest absolute Gasteiger partial charge is 0.282 e. The SMILES string of the molecule is COc1cc(Br)cc(C=Nn2c(C3CCCCC3)nc3ccc(Br)cc3c2=O)c1OCC#N. The van der Waals surface area contributed by atoms with Crippen molar-refractivity contribution in [2.45, 2.75) is 38.0 Å². The minimum absolute atomic E-state index is 0.141. The van der Waals surface area contributed by atoms with Crippen molar-refractivity contribution in [1.82, 2.24) is 9.66 Å². The average molecular weight is 574 g/mol. The Morgan fingerprint density at radius 3 is 2.73 bits per heavy atom. The number of ether oxygens (including phenoxy) is 2. The number of halogens is 2. The average Bonchev–Trinajstić information content (AvgIpc) is 2.83. The number of hydrogen-bond acceptors (Lipinski definition) is 6. The first-order valence-electron chi connectivity index (χ1n) is 10.7. The Morgan fingerprint density at radius 1 is 1.21 bits per heavy atom. The van der Waals surface area contributed by atoms with E-state index in [1.807, 2.05) is 18.2 Å². The summed E-state index contributed by atoms with van der Waals surface area (Å²) >= 11 is 6.91. The van der Waals surface area contributed by atoms with Gasteiger partial charge in [-0.3, -0.25) is 4.79 Å². The van der Waals surface area contributed by atoms with Gasteiger partial charge in [-0.15, -0.1) is 0 Å². The molecule has 0 N–H and O–H groups in total. The molecule has 1 fully saturated rings. The van der Waals surface area contributed by atoms with E-state index < -0.39 is 0 Å². The number of nitrogens with zero attached hydrogens (tertiary/aromatic N) is 4. The van der Waals surface area contributed by atoms with E-state index in [0.29, 0.717) is 33.8 Å². The van der Waals surface area contributed by atoms with Crippen LogP contribution in [0, 0.1) is 11.3 Å². The van der Waals surface area contributed by atoms with Crippen LogP contribution in [0.25, 0.3) is 10.9 Å². The summed E-state index contributed by atoms with van der Waals surface area (Å²) in [6.45, 7) is -0.141. The maximum Gasteiger partial charge on any atom is 0.282 e. The highest BCUT2D eigenvalue weighted by Crippen LogP contribution is 2.35. The fourth-order valence-corrected chi connectivity index (χ4v) is 4.93. The van der Waals surface area contributed by atoms with Crippen LogP contribution >= 0.6 is 31.9 Å². The van der Waals surface area contributed by atoms with Crippen LogP contribution in [0.1, 0.15) is 49.4 Å². The summed E-state index contributed by atoms with van der Waals surface area (Å²) in [4.78, 5) is 18.3. The highest BCUT2D eigenvalue weighted by Gasteiger charge is 2.23. The second-order valence-corrected chi connectivity index (χ2v) is 9.63. The van der Waals surface area contributed by atoms with Crippen molar-refractivity contribution in [3.05, 3.63) is 61.0 Å². The first kappa shape index (κ1) is 23.5. The molecule has 1 aliphatic carbocycles. The molecule has 7 nitrogen and oxygen atoms in total. The van der Waals surface area contributed by atoms with Gasteiger partial charge in [0.25, 0.3) is 5.56 Å². The van der Waals surface area contributed by atoms with Gasteiger partial charge in [-0.2, -0.15) is 15.0 Å². The molecule has 3 aromatic rings. The molecule has 33 heavy (non-hydrogen) atoms. The second kappa shape index (κ2) is 10.5. The lowest BCUT2D eigenvalue weighted by Gasteiger charge is -2.22. The van der Waals surface area contributed by atoms with E-state index in [-0.39, 0.29) is 18.1 Å². The third kappa shape index (κ3) is 5.12. The van der Waals surface area contributed by atoms with Crippen LogP contribution in [0.15, 0.2) is 49.2 Å². The van der Waals surface area contributed by atoms with Crippen LogP contribution in [0.4, 0.5) is 0 Å². The Labute approximate surface area is 208 Å². The Hall–Kier alpha value is -2.70. The molecular weight excluding hydrogens is 552 g/mol. The molecule has 4 rings (SSSR count). The molecule has 170 valence electrons. The molecule has 0 atom stereocenters. The zero-order valence-corrected chi connectivity index (χ0v) is 21.2. The predicted octanol–water partition coefficient (Wildman–Crippen LogP) is 5.76. The molecule has 0 bridgehead atoms. The van der Waals surface area contributed by atoms with Gasteiger partial charge in [-0.05, 0) is 43.2 Å². The van der Waals surface area contributed by atoms with E-state index in [1.54, 1.807) is 24.4 Å². The van der Waals surface area contributed by atoms with Gasteiger partial charge in [0.15, 0.2) is 18.1 Å². The number of hydrogen-bond donors (Lipinski definition) is 0. The van der Waals surface area contributed by atoms with Gasteiger partial charge in [0.2, 0.25) is 0 Å². The summed E-state index contributed by atoms with van der Waals surface area (Å²) in [7, 11) is 1.53. The van der Waals surface area contributed by atoms with Crippen molar-refractivity contribution in [2.75, 3.05) is 13.7 Å². The Morgan fingerprint density at radius 2 is 2.00 bits per heavy atom.